The Morgan fingerprint density at radius 2 is 1.75 bits per heavy atom. The van der Waals surface area contributed by atoms with Gasteiger partial charge < -0.3 is 5.32 Å². The quantitative estimate of drug-likeness (QED) is 0.655. The van der Waals surface area contributed by atoms with Crippen molar-refractivity contribution in [3.05, 3.63) is 60.4 Å². The third kappa shape index (κ3) is 4.40. The second kappa shape index (κ2) is 8.04. The standard InChI is InChI=1S/C19H24N4O/c20-23(14-15-4-2-1-3-5-15)18-8-6-16(7-9-18)19(24)22-17-10-12-21-13-11-17/h1-5,10-13,16,18H,6-9,14,20H2,(H,21,22,24). The fraction of sp³-hybridized carbons (Fsp3) is 0.368. The molecule has 1 saturated carbocycles. The summed E-state index contributed by atoms with van der Waals surface area (Å²) in [6.07, 6.45) is 7.04. The highest BCUT2D eigenvalue weighted by molar-refractivity contribution is 5.92. The van der Waals surface area contributed by atoms with E-state index in [1.807, 2.05) is 35.3 Å². The van der Waals surface area contributed by atoms with Crippen LogP contribution in [0.15, 0.2) is 54.9 Å². The predicted molar refractivity (Wildman–Crippen MR) is 94.8 cm³/mol. The minimum absolute atomic E-state index is 0.0690. The van der Waals surface area contributed by atoms with Crippen LogP contribution in [0.1, 0.15) is 31.2 Å². The Morgan fingerprint density at radius 1 is 1.08 bits per heavy atom. The number of hydrogen-bond acceptors (Lipinski definition) is 4. The molecule has 5 heteroatoms. The number of hydrazine groups is 1. The Labute approximate surface area is 142 Å². The van der Waals surface area contributed by atoms with Crippen LogP contribution in [0.4, 0.5) is 5.69 Å². The summed E-state index contributed by atoms with van der Waals surface area (Å²) >= 11 is 0. The van der Waals surface area contributed by atoms with E-state index >= 15 is 0 Å². The summed E-state index contributed by atoms with van der Waals surface area (Å²) in [6, 6.07) is 14.2. The first-order chi connectivity index (χ1) is 11.7. The van der Waals surface area contributed by atoms with Crippen LogP contribution in [0.5, 0.6) is 0 Å². The van der Waals surface area contributed by atoms with Crippen LogP contribution in [0, 0.1) is 5.92 Å². The number of hydrogen-bond donors (Lipinski definition) is 2. The summed E-state index contributed by atoms with van der Waals surface area (Å²) in [7, 11) is 0. The van der Waals surface area contributed by atoms with Crippen LogP contribution in [-0.4, -0.2) is 21.9 Å². The molecule has 0 spiro atoms. The van der Waals surface area contributed by atoms with Gasteiger partial charge in [0.25, 0.3) is 0 Å². The molecule has 0 bridgehead atoms. The molecule has 1 aromatic carbocycles. The molecule has 0 saturated heterocycles. The highest BCUT2D eigenvalue weighted by atomic mass is 16.1. The highest BCUT2D eigenvalue weighted by Gasteiger charge is 2.28. The van der Waals surface area contributed by atoms with Crippen molar-refractivity contribution in [1.29, 1.82) is 0 Å². The second-order valence-corrected chi connectivity index (χ2v) is 6.39. The molecule has 1 aliphatic carbocycles. The van der Waals surface area contributed by atoms with Crippen LogP contribution in [0.2, 0.25) is 0 Å². The maximum atomic E-state index is 12.4. The lowest BCUT2D eigenvalue weighted by Crippen LogP contribution is -2.43. The fourth-order valence-electron chi connectivity index (χ4n) is 3.27. The van der Waals surface area contributed by atoms with Gasteiger partial charge in [-0.05, 0) is 43.4 Å². The molecular weight excluding hydrogens is 300 g/mol. The van der Waals surface area contributed by atoms with Crippen LogP contribution in [-0.2, 0) is 11.3 Å². The van der Waals surface area contributed by atoms with Crippen molar-refractivity contribution in [2.45, 2.75) is 38.3 Å². The van der Waals surface area contributed by atoms with Gasteiger partial charge in [-0.25, -0.2) is 5.01 Å². The van der Waals surface area contributed by atoms with Gasteiger partial charge in [0.05, 0.1) is 0 Å². The summed E-state index contributed by atoms with van der Waals surface area (Å²) in [4.78, 5) is 16.3. The molecule has 1 heterocycles. The zero-order valence-corrected chi connectivity index (χ0v) is 13.8. The van der Waals surface area contributed by atoms with Crippen molar-refractivity contribution >= 4 is 11.6 Å². The van der Waals surface area contributed by atoms with Gasteiger partial charge in [0.15, 0.2) is 0 Å². The zero-order valence-electron chi connectivity index (χ0n) is 13.8. The van der Waals surface area contributed by atoms with E-state index in [1.165, 1.54) is 5.56 Å². The van der Waals surface area contributed by atoms with Gasteiger partial charge in [0.2, 0.25) is 5.91 Å². The average Bonchev–Trinajstić information content (AvgIpc) is 2.63. The van der Waals surface area contributed by atoms with E-state index in [9.17, 15) is 4.79 Å². The minimum atomic E-state index is 0.0690. The van der Waals surface area contributed by atoms with Crippen LogP contribution < -0.4 is 11.2 Å². The number of nitrogens with two attached hydrogens (primary N) is 1. The van der Waals surface area contributed by atoms with Crippen LogP contribution >= 0.6 is 0 Å². The van der Waals surface area contributed by atoms with Crippen LogP contribution in [0.3, 0.4) is 0 Å². The van der Waals surface area contributed by atoms with E-state index < -0.39 is 0 Å². The number of anilines is 1. The lowest BCUT2D eigenvalue weighted by molar-refractivity contribution is -0.121. The fourth-order valence-corrected chi connectivity index (χ4v) is 3.27. The first kappa shape index (κ1) is 16.6. The van der Waals surface area contributed by atoms with Crippen molar-refractivity contribution in [1.82, 2.24) is 9.99 Å². The molecule has 126 valence electrons. The van der Waals surface area contributed by atoms with E-state index in [4.69, 9.17) is 5.84 Å². The Morgan fingerprint density at radius 3 is 2.42 bits per heavy atom. The molecule has 24 heavy (non-hydrogen) atoms. The Bertz CT molecular complexity index is 639. The number of amides is 1. The van der Waals surface area contributed by atoms with Gasteiger partial charge >= 0.3 is 0 Å². The molecule has 1 fully saturated rings. The third-order valence-corrected chi connectivity index (χ3v) is 4.69. The van der Waals surface area contributed by atoms with Crippen molar-refractivity contribution in [2.24, 2.45) is 11.8 Å². The van der Waals surface area contributed by atoms with Gasteiger partial charge in [-0.3, -0.25) is 15.6 Å². The van der Waals surface area contributed by atoms with Gasteiger partial charge in [-0.1, -0.05) is 30.3 Å². The Kier molecular flexibility index (Phi) is 5.56. The number of nitrogens with zero attached hydrogens (tertiary/aromatic N) is 2. The number of carbonyl (C=O) groups is 1. The van der Waals surface area contributed by atoms with Gasteiger partial charge in [-0.2, -0.15) is 0 Å². The number of benzene rings is 1. The average molecular weight is 324 g/mol. The van der Waals surface area contributed by atoms with Crippen molar-refractivity contribution in [3.63, 3.8) is 0 Å². The number of aromatic nitrogens is 1. The van der Waals surface area contributed by atoms with Gasteiger partial charge in [-0.15, -0.1) is 0 Å². The van der Waals surface area contributed by atoms with E-state index in [2.05, 4.69) is 22.4 Å². The second-order valence-electron chi connectivity index (χ2n) is 6.39. The number of rotatable bonds is 5. The number of carbonyl (C=O) groups excluding carboxylic acids is 1. The third-order valence-electron chi connectivity index (χ3n) is 4.69. The molecule has 3 rings (SSSR count). The molecule has 3 N–H and O–H groups in total. The molecule has 1 amide bonds. The Balaban J connectivity index is 1.47. The minimum Gasteiger partial charge on any atom is -0.326 e. The van der Waals surface area contributed by atoms with E-state index in [-0.39, 0.29) is 11.8 Å². The largest absolute Gasteiger partial charge is 0.326 e. The topological polar surface area (TPSA) is 71.2 Å². The van der Waals surface area contributed by atoms with E-state index in [0.29, 0.717) is 6.04 Å². The van der Waals surface area contributed by atoms with Gasteiger partial charge in [0.1, 0.15) is 0 Å². The SMILES string of the molecule is NN(Cc1ccccc1)C1CCC(C(=O)Nc2ccncc2)CC1. The maximum absolute atomic E-state index is 12.4. The molecule has 1 aliphatic rings. The summed E-state index contributed by atoms with van der Waals surface area (Å²) in [5.74, 6) is 6.42. The van der Waals surface area contributed by atoms with Crippen LogP contribution in [0.25, 0.3) is 0 Å². The Hall–Kier alpha value is -2.24. The molecule has 1 aromatic heterocycles. The maximum Gasteiger partial charge on any atom is 0.227 e. The highest BCUT2D eigenvalue weighted by Crippen LogP contribution is 2.28. The molecule has 0 atom stereocenters. The number of pyridine rings is 1. The molecule has 5 nitrogen and oxygen atoms in total. The molecular formula is C19H24N4O. The summed E-state index contributed by atoms with van der Waals surface area (Å²) in [6.45, 7) is 0.749. The molecule has 2 aromatic rings. The van der Waals surface area contributed by atoms with Crippen molar-refractivity contribution < 1.29 is 4.79 Å². The summed E-state index contributed by atoms with van der Waals surface area (Å²) in [5, 5.41) is 4.89. The zero-order chi connectivity index (χ0) is 16.8. The summed E-state index contributed by atoms with van der Waals surface area (Å²) < 4.78 is 0. The predicted octanol–water partition coefficient (Wildman–Crippen LogP) is 2.95. The normalized spacial score (nSPS) is 20.8. The lowest BCUT2D eigenvalue weighted by atomic mass is 9.85. The molecule has 0 aliphatic heterocycles. The van der Waals surface area contributed by atoms with Crippen molar-refractivity contribution in [2.75, 3.05) is 5.32 Å². The lowest BCUT2D eigenvalue weighted by Gasteiger charge is -2.33. The molecule has 0 unspecified atom stereocenters. The summed E-state index contributed by atoms with van der Waals surface area (Å²) in [5.41, 5.74) is 2.03. The molecule has 0 radical (unpaired) electrons. The van der Waals surface area contributed by atoms with E-state index in [1.54, 1.807) is 12.4 Å². The smallest absolute Gasteiger partial charge is 0.227 e. The van der Waals surface area contributed by atoms with Gasteiger partial charge in [0, 0.05) is 36.6 Å². The monoisotopic (exact) mass is 324 g/mol. The first-order valence-corrected chi connectivity index (χ1v) is 8.48. The van der Waals surface area contributed by atoms with Crippen molar-refractivity contribution in [3.8, 4) is 0 Å². The number of nitrogens with one attached hydrogen (secondary N) is 1. The van der Waals surface area contributed by atoms with E-state index in [0.717, 1.165) is 37.9 Å². The first-order valence-electron chi connectivity index (χ1n) is 8.48.